The number of piperazine rings is 1. The van der Waals surface area contributed by atoms with Gasteiger partial charge in [0.2, 0.25) is 0 Å². The molecule has 8 heteroatoms. The lowest BCUT2D eigenvalue weighted by atomic mass is 10.1. The molecule has 2 aromatic heterocycles. The van der Waals surface area contributed by atoms with Gasteiger partial charge in [-0.05, 0) is 61.9 Å². The maximum absolute atomic E-state index is 14.5. The van der Waals surface area contributed by atoms with E-state index in [-0.39, 0.29) is 11.7 Å². The fraction of sp³-hybridized carbons (Fsp3) is 0.250. The topological polar surface area (TPSA) is 67.2 Å². The molecule has 2 aromatic carbocycles. The van der Waals surface area contributed by atoms with Crippen molar-refractivity contribution in [2.45, 2.75) is 20.5 Å². The average Bonchev–Trinajstić information content (AvgIpc) is 3.29. The van der Waals surface area contributed by atoms with E-state index in [2.05, 4.69) is 4.98 Å². The van der Waals surface area contributed by atoms with Crippen molar-refractivity contribution in [1.82, 2.24) is 14.3 Å². The zero-order chi connectivity index (χ0) is 25.2. The lowest BCUT2D eigenvalue weighted by molar-refractivity contribution is 0.0746. The van der Waals surface area contributed by atoms with Gasteiger partial charge in [0.15, 0.2) is 5.78 Å². The highest BCUT2D eigenvalue weighted by molar-refractivity contribution is 5.95. The molecule has 4 aromatic rings. The smallest absolute Gasteiger partial charge is 0.254 e. The number of aryl methyl sites for hydroxylation is 1. The highest BCUT2D eigenvalue weighted by atomic mass is 19.1. The summed E-state index contributed by atoms with van der Waals surface area (Å²) in [5.41, 5.74) is 4.15. The van der Waals surface area contributed by atoms with E-state index < -0.39 is 5.82 Å². The lowest BCUT2D eigenvalue weighted by Gasteiger charge is -2.36. The zero-order valence-electron chi connectivity index (χ0n) is 20.3. The number of anilines is 1. The Bertz CT molecular complexity index is 1440. The van der Waals surface area contributed by atoms with E-state index in [0.29, 0.717) is 55.3 Å². The SMILES string of the molecule is CC(=O)c1ccc(N2CCN(C(=O)c3cccc(OCc4cn5cc(C)ccc5n4)c3)CC2)c(F)c1. The van der Waals surface area contributed by atoms with Gasteiger partial charge in [0.25, 0.3) is 5.91 Å². The van der Waals surface area contributed by atoms with Gasteiger partial charge in [-0.15, -0.1) is 0 Å². The maximum atomic E-state index is 14.5. The average molecular weight is 487 g/mol. The summed E-state index contributed by atoms with van der Waals surface area (Å²) < 4.78 is 22.4. The molecule has 0 unspecified atom stereocenters. The summed E-state index contributed by atoms with van der Waals surface area (Å²) in [6.07, 6.45) is 3.95. The standard InChI is InChI=1S/C28H27FN4O3/c1-19-6-9-27-30-23(17-33(27)16-19)18-36-24-5-3-4-22(14-24)28(35)32-12-10-31(11-13-32)26-8-7-21(20(2)34)15-25(26)29/h3-9,14-17H,10-13,18H2,1-2H3. The first-order valence-electron chi connectivity index (χ1n) is 11.9. The maximum Gasteiger partial charge on any atom is 0.254 e. The van der Waals surface area contributed by atoms with Crippen LogP contribution in [0.5, 0.6) is 5.75 Å². The number of pyridine rings is 1. The minimum atomic E-state index is -0.423. The Morgan fingerprint density at radius 1 is 0.972 bits per heavy atom. The van der Waals surface area contributed by atoms with Crippen LogP contribution < -0.4 is 9.64 Å². The van der Waals surface area contributed by atoms with Gasteiger partial charge in [0, 0.05) is 49.7 Å². The zero-order valence-corrected chi connectivity index (χ0v) is 20.3. The molecule has 1 amide bonds. The van der Waals surface area contributed by atoms with E-state index in [9.17, 15) is 14.0 Å². The number of halogens is 1. The largest absolute Gasteiger partial charge is 0.487 e. The highest BCUT2D eigenvalue weighted by Crippen LogP contribution is 2.23. The number of benzene rings is 2. The summed E-state index contributed by atoms with van der Waals surface area (Å²) in [7, 11) is 0. The molecule has 184 valence electrons. The molecule has 0 saturated carbocycles. The number of rotatable bonds is 6. The first kappa shape index (κ1) is 23.5. The molecule has 3 heterocycles. The number of fused-ring (bicyclic) bond motifs is 1. The van der Waals surface area contributed by atoms with E-state index in [1.165, 1.54) is 13.0 Å². The fourth-order valence-corrected chi connectivity index (χ4v) is 4.42. The van der Waals surface area contributed by atoms with E-state index in [0.717, 1.165) is 16.9 Å². The third kappa shape index (κ3) is 4.93. The van der Waals surface area contributed by atoms with Crippen LogP contribution in [0.2, 0.25) is 0 Å². The van der Waals surface area contributed by atoms with Crippen LogP contribution in [0, 0.1) is 12.7 Å². The second kappa shape index (κ2) is 9.81. The number of hydrogen-bond donors (Lipinski definition) is 0. The van der Waals surface area contributed by atoms with Crippen LogP contribution in [0.3, 0.4) is 0 Å². The second-order valence-corrected chi connectivity index (χ2v) is 9.02. The van der Waals surface area contributed by atoms with Crippen molar-refractivity contribution >= 4 is 23.0 Å². The molecule has 1 saturated heterocycles. The molecular weight excluding hydrogens is 459 g/mol. The number of imidazole rings is 1. The second-order valence-electron chi connectivity index (χ2n) is 9.02. The van der Waals surface area contributed by atoms with Gasteiger partial charge in [-0.1, -0.05) is 12.1 Å². The third-order valence-corrected chi connectivity index (χ3v) is 6.38. The molecule has 0 bridgehead atoms. The fourth-order valence-electron chi connectivity index (χ4n) is 4.42. The molecule has 0 spiro atoms. The number of amides is 1. The van der Waals surface area contributed by atoms with Crippen molar-refractivity contribution in [3.8, 4) is 5.75 Å². The number of nitrogens with zero attached hydrogens (tertiary/aromatic N) is 4. The number of Topliss-reactive ketones (excluding diaryl/α,β-unsaturated/α-hetero) is 1. The molecule has 5 rings (SSSR count). The predicted octanol–water partition coefficient (Wildman–Crippen LogP) is 4.53. The van der Waals surface area contributed by atoms with Crippen LogP contribution in [0.25, 0.3) is 5.65 Å². The molecule has 0 atom stereocenters. The quantitative estimate of drug-likeness (QED) is 0.375. The van der Waals surface area contributed by atoms with E-state index in [4.69, 9.17) is 4.74 Å². The number of ketones is 1. The van der Waals surface area contributed by atoms with Crippen molar-refractivity contribution in [3.63, 3.8) is 0 Å². The molecule has 1 fully saturated rings. The summed E-state index contributed by atoms with van der Waals surface area (Å²) in [5, 5.41) is 0. The number of aromatic nitrogens is 2. The Labute approximate surface area is 208 Å². The Hall–Kier alpha value is -4.20. The highest BCUT2D eigenvalue weighted by Gasteiger charge is 2.24. The van der Waals surface area contributed by atoms with E-state index in [1.807, 2.05) is 46.8 Å². The number of ether oxygens (including phenoxy) is 1. The van der Waals surface area contributed by atoms with Crippen LogP contribution in [-0.4, -0.2) is 52.2 Å². The van der Waals surface area contributed by atoms with Crippen molar-refractivity contribution in [3.05, 3.63) is 95.2 Å². The van der Waals surface area contributed by atoms with Gasteiger partial charge in [0.1, 0.15) is 23.8 Å². The molecular formula is C28H27FN4O3. The summed E-state index contributed by atoms with van der Waals surface area (Å²) in [4.78, 5) is 32.8. The van der Waals surface area contributed by atoms with Crippen LogP contribution in [0.15, 0.2) is 67.0 Å². The van der Waals surface area contributed by atoms with Gasteiger partial charge < -0.3 is 18.9 Å². The minimum Gasteiger partial charge on any atom is -0.487 e. The first-order valence-corrected chi connectivity index (χ1v) is 11.9. The van der Waals surface area contributed by atoms with Crippen molar-refractivity contribution in [2.24, 2.45) is 0 Å². The molecule has 7 nitrogen and oxygen atoms in total. The summed E-state index contributed by atoms with van der Waals surface area (Å²) >= 11 is 0. The van der Waals surface area contributed by atoms with Crippen LogP contribution in [0.4, 0.5) is 10.1 Å². The van der Waals surface area contributed by atoms with E-state index >= 15 is 0 Å². The Kier molecular flexibility index (Phi) is 6.41. The summed E-state index contributed by atoms with van der Waals surface area (Å²) in [5.74, 6) is -0.0837. The minimum absolute atomic E-state index is 0.0873. The number of carbonyl (C=O) groups excluding carboxylic acids is 2. The normalized spacial score (nSPS) is 13.8. The Morgan fingerprint density at radius 3 is 2.53 bits per heavy atom. The Balaban J connectivity index is 1.20. The van der Waals surface area contributed by atoms with Crippen LogP contribution >= 0.6 is 0 Å². The number of hydrogen-bond acceptors (Lipinski definition) is 5. The van der Waals surface area contributed by atoms with Crippen molar-refractivity contribution < 1.29 is 18.7 Å². The molecule has 0 N–H and O–H groups in total. The summed E-state index contributed by atoms with van der Waals surface area (Å²) in [6, 6.07) is 15.7. The summed E-state index contributed by atoms with van der Waals surface area (Å²) in [6.45, 7) is 5.70. The van der Waals surface area contributed by atoms with Crippen molar-refractivity contribution in [1.29, 1.82) is 0 Å². The van der Waals surface area contributed by atoms with Crippen molar-refractivity contribution in [2.75, 3.05) is 31.1 Å². The molecule has 1 aliphatic heterocycles. The van der Waals surface area contributed by atoms with Crippen LogP contribution in [-0.2, 0) is 6.61 Å². The van der Waals surface area contributed by atoms with Gasteiger partial charge in [-0.3, -0.25) is 9.59 Å². The molecule has 0 radical (unpaired) electrons. The lowest BCUT2D eigenvalue weighted by Crippen LogP contribution is -2.49. The molecule has 0 aliphatic carbocycles. The predicted molar refractivity (Wildman–Crippen MR) is 135 cm³/mol. The molecule has 36 heavy (non-hydrogen) atoms. The number of carbonyl (C=O) groups is 2. The van der Waals surface area contributed by atoms with Gasteiger partial charge in [0.05, 0.1) is 11.4 Å². The first-order chi connectivity index (χ1) is 17.4. The van der Waals surface area contributed by atoms with Gasteiger partial charge in [-0.2, -0.15) is 0 Å². The van der Waals surface area contributed by atoms with Gasteiger partial charge >= 0.3 is 0 Å². The van der Waals surface area contributed by atoms with Crippen LogP contribution in [0.1, 0.15) is 38.9 Å². The molecule has 1 aliphatic rings. The van der Waals surface area contributed by atoms with E-state index in [1.54, 1.807) is 35.2 Å². The monoisotopic (exact) mass is 486 g/mol. The third-order valence-electron chi connectivity index (χ3n) is 6.38. The Morgan fingerprint density at radius 2 is 1.78 bits per heavy atom. The van der Waals surface area contributed by atoms with Gasteiger partial charge in [-0.25, -0.2) is 9.37 Å².